The molecule has 4 aromatic rings. The highest BCUT2D eigenvalue weighted by Gasteiger charge is 2.30. The second-order valence-electron chi connectivity index (χ2n) is 9.15. The van der Waals surface area contributed by atoms with Gasteiger partial charge in [-0.3, -0.25) is 9.59 Å². The Bertz CT molecular complexity index is 1570. The molecular formula is C28H28N8O2. The molecule has 0 unspecified atom stereocenters. The molecule has 2 amide bonds. The van der Waals surface area contributed by atoms with Crippen LogP contribution < -0.4 is 11.1 Å². The SMILES string of the molecule is CC#CC(=O)N1CC[C@@H](n2nc(-c3ccc(C(=O)Nc4cc(CCC)ccn4)cc3)c3c(N)ncnc32)C1. The molecule has 5 rings (SSSR count). The third-order valence-corrected chi connectivity index (χ3v) is 6.57. The van der Waals surface area contributed by atoms with Gasteiger partial charge in [-0.2, -0.15) is 5.10 Å². The Hall–Kier alpha value is -4.78. The van der Waals surface area contributed by atoms with Crippen LogP contribution in [0.25, 0.3) is 22.3 Å². The molecule has 10 nitrogen and oxygen atoms in total. The average molecular weight is 509 g/mol. The van der Waals surface area contributed by atoms with Crippen LogP contribution in [-0.4, -0.2) is 54.5 Å². The van der Waals surface area contributed by atoms with Gasteiger partial charge in [-0.05, 0) is 55.5 Å². The molecule has 192 valence electrons. The predicted octanol–water partition coefficient (Wildman–Crippen LogP) is 3.47. The number of hydrogen-bond acceptors (Lipinski definition) is 7. The molecule has 0 bridgehead atoms. The second-order valence-corrected chi connectivity index (χ2v) is 9.15. The minimum atomic E-state index is -0.248. The van der Waals surface area contributed by atoms with E-state index in [1.165, 1.54) is 6.33 Å². The summed E-state index contributed by atoms with van der Waals surface area (Å²) in [6.07, 6.45) is 5.79. The summed E-state index contributed by atoms with van der Waals surface area (Å²) < 4.78 is 1.82. The first kappa shape index (κ1) is 24.9. The maximum Gasteiger partial charge on any atom is 0.298 e. The van der Waals surface area contributed by atoms with Crippen molar-refractivity contribution in [3.05, 3.63) is 60.0 Å². The van der Waals surface area contributed by atoms with E-state index < -0.39 is 0 Å². The number of nitrogens with zero attached hydrogens (tertiary/aromatic N) is 6. The van der Waals surface area contributed by atoms with E-state index in [9.17, 15) is 9.59 Å². The molecule has 10 heteroatoms. The molecular weight excluding hydrogens is 480 g/mol. The predicted molar refractivity (Wildman–Crippen MR) is 145 cm³/mol. The summed E-state index contributed by atoms with van der Waals surface area (Å²) in [4.78, 5) is 39.7. The molecule has 0 radical (unpaired) electrons. The van der Waals surface area contributed by atoms with Crippen molar-refractivity contribution in [3.63, 3.8) is 0 Å². The molecule has 1 atom stereocenters. The van der Waals surface area contributed by atoms with Crippen molar-refractivity contribution in [1.82, 2.24) is 29.6 Å². The zero-order valence-electron chi connectivity index (χ0n) is 21.3. The number of likely N-dealkylation sites (tertiary alicyclic amines) is 1. The van der Waals surface area contributed by atoms with Crippen molar-refractivity contribution >= 4 is 34.5 Å². The van der Waals surface area contributed by atoms with Crippen LogP contribution in [0, 0.1) is 11.8 Å². The van der Waals surface area contributed by atoms with E-state index in [2.05, 4.69) is 39.0 Å². The molecule has 3 aromatic heterocycles. The first-order valence-electron chi connectivity index (χ1n) is 12.6. The molecule has 0 aliphatic carbocycles. The second kappa shape index (κ2) is 10.7. The Labute approximate surface area is 220 Å². The van der Waals surface area contributed by atoms with Crippen LogP contribution in [0.4, 0.5) is 11.6 Å². The number of aryl methyl sites for hydroxylation is 1. The average Bonchev–Trinajstić information content (AvgIpc) is 3.56. The number of pyridine rings is 1. The van der Waals surface area contributed by atoms with E-state index in [1.54, 1.807) is 30.2 Å². The largest absolute Gasteiger partial charge is 0.383 e. The molecule has 1 aliphatic rings. The number of nitrogens with two attached hydrogens (primary N) is 1. The van der Waals surface area contributed by atoms with Gasteiger partial charge in [0.1, 0.15) is 23.7 Å². The Morgan fingerprint density at radius 3 is 2.74 bits per heavy atom. The smallest absolute Gasteiger partial charge is 0.298 e. The number of nitrogens with one attached hydrogen (secondary N) is 1. The number of rotatable bonds is 6. The monoisotopic (exact) mass is 508 g/mol. The summed E-state index contributed by atoms with van der Waals surface area (Å²) in [5, 5.41) is 8.37. The Kier molecular flexibility index (Phi) is 7.00. The summed E-state index contributed by atoms with van der Waals surface area (Å²) >= 11 is 0. The lowest BCUT2D eigenvalue weighted by molar-refractivity contribution is -0.124. The number of nitrogen functional groups attached to an aromatic ring is 1. The number of carbonyl (C=O) groups excluding carboxylic acids is 2. The van der Waals surface area contributed by atoms with Crippen molar-refractivity contribution in [2.45, 2.75) is 39.2 Å². The van der Waals surface area contributed by atoms with Crippen LogP contribution in [0.2, 0.25) is 0 Å². The quantitative estimate of drug-likeness (QED) is 0.381. The molecule has 1 aromatic carbocycles. The van der Waals surface area contributed by atoms with Gasteiger partial charge in [0.2, 0.25) is 0 Å². The Morgan fingerprint density at radius 1 is 1.16 bits per heavy atom. The standard InChI is InChI=1S/C28H28N8O2/c1-3-5-18-11-13-30-22(15-18)33-28(38)20-9-7-19(8-10-20)25-24-26(29)31-17-32-27(24)36(34-25)21-12-14-35(16-21)23(37)6-4-2/h7-11,13,15,17,21H,3,5,12,14,16H2,1-2H3,(H2,29,31,32)(H,30,33,38)/t21-/m1/s1. The zero-order chi connectivity index (χ0) is 26.6. The van der Waals surface area contributed by atoms with Gasteiger partial charge >= 0.3 is 0 Å². The zero-order valence-corrected chi connectivity index (χ0v) is 21.3. The molecule has 38 heavy (non-hydrogen) atoms. The fraction of sp³-hybridized carbons (Fsp3) is 0.286. The highest BCUT2D eigenvalue weighted by molar-refractivity contribution is 6.04. The van der Waals surface area contributed by atoms with E-state index in [0.717, 1.165) is 30.4 Å². The van der Waals surface area contributed by atoms with Crippen LogP contribution in [0.5, 0.6) is 0 Å². The molecule has 1 saturated heterocycles. The Balaban J connectivity index is 1.41. The van der Waals surface area contributed by atoms with Crippen molar-refractivity contribution in [2.75, 3.05) is 24.1 Å². The van der Waals surface area contributed by atoms with E-state index >= 15 is 0 Å². The molecule has 0 saturated carbocycles. The highest BCUT2D eigenvalue weighted by Crippen LogP contribution is 2.34. The van der Waals surface area contributed by atoms with Crippen molar-refractivity contribution in [1.29, 1.82) is 0 Å². The van der Waals surface area contributed by atoms with Crippen LogP contribution in [0.1, 0.15) is 48.7 Å². The summed E-state index contributed by atoms with van der Waals surface area (Å²) in [5.74, 6) is 5.66. The Morgan fingerprint density at radius 2 is 1.97 bits per heavy atom. The highest BCUT2D eigenvalue weighted by atomic mass is 16.2. The van der Waals surface area contributed by atoms with Crippen molar-refractivity contribution in [3.8, 4) is 23.1 Å². The van der Waals surface area contributed by atoms with E-state index in [-0.39, 0.29) is 17.9 Å². The molecule has 3 N–H and O–H groups in total. The third-order valence-electron chi connectivity index (χ3n) is 6.57. The summed E-state index contributed by atoms with van der Waals surface area (Å²) in [5.41, 5.74) is 9.88. The van der Waals surface area contributed by atoms with Gasteiger partial charge in [0, 0.05) is 30.4 Å². The number of carbonyl (C=O) groups is 2. The van der Waals surface area contributed by atoms with Gasteiger partial charge in [-0.15, -0.1) is 0 Å². The van der Waals surface area contributed by atoms with Gasteiger partial charge in [-0.25, -0.2) is 19.6 Å². The molecule has 1 fully saturated rings. The lowest BCUT2D eigenvalue weighted by Crippen LogP contribution is -2.28. The van der Waals surface area contributed by atoms with Gasteiger partial charge in [-0.1, -0.05) is 31.4 Å². The number of fused-ring (bicyclic) bond motifs is 1. The van der Waals surface area contributed by atoms with E-state index in [4.69, 9.17) is 10.8 Å². The lowest BCUT2D eigenvalue weighted by Gasteiger charge is -2.14. The van der Waals surface area contributed by atoms with Gasteiger partial charge in [0.15, 0.2) is 5.65 Å². The maximum atomic E-state index is 12.9. The van der Waals surface area contributed by atoms with E-state index in [1.807, 2.05) is 28.9 Å². The van der Waals surface area contributed by atoms with Gasteiger partial charge < -0.3 is 16.0 Å². The van der Waals surface area contributed by atoms with Crippen LogP contribution in [0.15, 0.2) is 48.9 Å². The van der Waals surface area contributed by atoms with Gasteiger partial charge in [0.25, 0.3) is 11.8 Å². The summed E-state index contributed by atoms with van der Waals surface area (Å²) in [7, 11) is 0. The number of anilines is 2. The lowest BCUT2D eigenvalue weighted by atomic mass is 10.1. The normalized spacial score (nSPS) is 14.8. The molecule has 0 spiro atoms. The van der Waals surface area contributed by atoms with Gasteiger partial charge in [0.05, 0.1) is 11.4 Å². The molecule has 1 aliphatic heterocycles. The van der Waals surface area contributed by atoms with Crippen LogP contribution >= 0.6 is 0 Å². The first-order chi connectivity index (χ1) is 18.5. The van der Waals surface area contributed by atoms with Crippen LogP contribution in [0.3, 0.4) is 0 Å². The number of hydrogen-bond donors (Lipinski definition) is 2. The fourth-order valence-corrected chi connectivity index (χ4v) is 4.72. The van der Waals surface area contributed by atoms with Crippen molar-refractivity contribution in [2.24, 2.45) is 0 Å². The van der Waals surface area contributed by atoms with Crippen LogP contribution in [-0.2, 0) is 11.2 Å². The topological polar surface area (TPSA) is 132 Å². The van der Waals surface area contributed by atoms with E-state index in [0.29, 0.717) is 47.0 Å². The third kappa shape index (κ3) is 4.91. The summed E-state index contributed by atoms with van der Waals surface area (Å²) in [6, 6.07) is 10.9. The fourth-order valence-electron chi connectivity index (χ4n) is 4.72. The number of amides is 2. The number of aromatic nitrogens is 5. The van der Waals surface area contributed by atoms with Crippen molar-refractivity contribution < 1.29 is 9.59 Å². The minimum absolute atomic E-state index is 0.0656. The first-order valence-corrected chi connectivity index (χ1v) is 12.6. The summed E-state index contributed by atoms with van der Waals surface area (Å²) in [6.45, 7) is 4.84. The number of benzene rings is 1. The molecule has 4 heterocycles. The minimum Gasteiger partial charge on any atom is -0.383 e. The maximum absolute atomic E-state index is 12.9.